The number of carbonyl (C=O) groups excluding carboxylic acids is 1. The van der Waals surface area contributed by atoms with Crippen molar-refractivity contribution < 1.29 is 9.90 Å². The Morgan fingerprint density at radius 1 is 1.44 bits per heavy atom. The lowest BCUT2D eigenvalue weighted by Gasteiger charge is -2.14. The summed E-state index contributed by atoms with van der Waals surface area (Å²) in [6.45, 7) is 5.19. The van der Waals surface area contributed by atoms with Gasteiger partial charge in [0.05, 0.1) is 6.10 Å². The largest absolute Gasteiger partial charge is 0.398 e. The first-order valence-electron chi connectivity index (χ1n) is 5.17. The van der Waals surface area contributed by atoms with E-state index in [1.807, 2.05) is 13.0 Å². The molecule has 0 heterocycles. The minimum Gasteiger partial charge on any atom is -0.398 e. The molecule has 0 aliphatic carbocycles. The Bertz CT molecular complexity index is 391. The first-order valence-corrected chi connectivity index (χ1v) is 6.05. The van der Waals surface area contributed by atoms with Gasteiger partial charge in [0.25, 0.3) is 0 Å². The average molecular weight is 239 g/mol. The van der Waals surface area contributed by atoms with E-state index in [0.29, 0.717) is 11.3 Å². The second-order valence-electron chi connectivity index (χ2n) is 3.87. The first-order chi connectivity index (χ1) is 7.41. The summed E-state index contributed by atoms with van der Waals surface area (Å²) >= 11 is 1.53. The van der Waals surface area contributed by atoms with Crippen LogP contribution in [0.25, 0.3) is 0 Å². The molecule has 16 heavy (non-hydrogen) atoms. The van der Waals surface area contributed by atoms with E-state index < -0.39 is 0 Å². The van der Waals surface area contributed by atoms with Gasteiger partial charge in [-0.3, -0.25) is 4.79 Å². The van der Waals surface area contributed by atoms with Crippen LogP contribution in [0, 0.1) is 0 Å². The van der Waals surface area contributed by atoms with Crippen molar-refractivity contribution >= 4 is 23.2 Å². The number of hydrogen-bond acceptors (Lipinski definition) is 4. The summed E-state index contributed by atoms with van der Waals surface area (Å²) < 4.78 is 0. The minimum absolute atomic E-state index is 0.0374. The molecule has 4 heteroatoms. The highest BCUT2D eigenvalue weighted by atomic mass is 32.2. The van der Waals surface area contributed by atoms with Gasteiger partial charge in [-0.25, -0.2) is 0 Å². The van der Waals surface area contributed by atoms with Gasteiger partial charge in [-0.15, -0.1) is 11.8 Å². The highest BCUT2D eigenvalue weighted by molar-refractivity contribution is 8.00. The fourth-order valence-corrected chi connectivity index (χ4v) is 2.19. The molecule has 1 aromatic carbocycles. The summed E-state index contributed by atoms with van der Waals surface area (Å²) in [4.78, 5) is 12.3. The van der Waals surface area contributed by atoms with Crippen LogP contribution in [0.3, 0.4) is 0 Å². The second kappa shape index (κ2) is 5.37. The van der Waals surface area contributed by atoms with Gasteiger partial charge < -0.3 is 10.8 Å². The maximum Gasteiger partial charge on any atom is 0.161 e. The van der Waals surface area contributed by atoms with E-state index in [-0.39, 0.29) is 17.1 Å². The Morgan fingerprint density at radius 3 is 2.56 bits per heavy atom. The molecule has 0 radical (unpaired) electrons. The summed E-state index contributed by atoms with van der Waals surface area (Å²) in [6.07, 6.45) is -0.386. The molecular formula is C12H17NO2S. The number of aliphatic hydroxyl groups is 1. The van der Waals surface area contributed by atoms with Crippen molar-refractivity contribution in [3.05, 3.63) is 23.8 Å². The van der Waals surface area contributed by atoms with Gasteiger partial charge in [-0.05, 0) is 32.0 Å². The van der Waals surface area contributed by atoms with Crippen LogP contribution in [0.1, 0.15) is 31.1 Å². The van der Waals surface area contributed by atoms with Crippen molar-refractivity contribution in [3.8, 4) is 0 Å². The van der Waals surface area contributed by atoms with E-state index in [2.05, 4.69) is 0 Å². The summed E-state index contributed by atoms with van der Waals surface area (Å²) in [5, 5.41) is 9.49. The number of Topliss-reactive ketones (excluding diaryl/α,β-unsaturated/α-hetero) is 1. The van der Waals surface area contributed by atoms with Crippen molar-refractivity contribution in [1.82, 2.24) is 0 Å². The van der Waals surface area contributed by atoms with Crippen molar-refractivity contribution in [1.29, 1.82) is 0 Å². The Balaban J connectivity index is 2.91. The van der Waals surface area contributed by atoms with Crippen LogP contribution in [0.5, 0.6) is 0 Å². The molecule has 0 amide bonds. The van der Waals surface area contributed by atoms with Crippen molar-refractivity contribution in [2.75, 3.05) is 5.73 Å². The van der Waals surface area contributed by atoms with Gasteiger partial charge in [0.15, 0.2) is 5.78 Å². The molecule has 3 nitrogen and oxygen atoms in total. The quantitative estimate of drug-likeness (QED) is 0.481. The molecule has 2 atom stereocenters. The van der Waals surface area contributed by atoms with Crippen molar-refractivity contribution in [2.24, 2.45) is 0 Å². The molecule has 88 valence electrons. The van der Waals surface area contributed by atoms with Crippen LogP contribution in [0.4, 0.5) is 5.69 Å². The molecule has 0 aromatic heterocycles. The molecule has 2 unspecified atom stereocenters. The number of aliphatic hydroxyl groups excluding tert-OH is 1. The van der Waals surface area contributed by atoms with Crippen LogP contribution < -0.4 is 5.73 Å². The standard InChI is InChI=1S/C12H17NO2S/c1-7(14)9(3)16-10-4-5-12(13)11(6-10)8(2)15/h4-7,9,14H,13H2,1-3H3. The number of rotatable bonds is 4. The van der Waals surface area contributed by atoms with Gasteiger partial charge in [-0.1, -0.05) is 6.92 Å². The Hall–Kier alpha value is -1.00. The average Bonchev–Trinajstić information content (AvgIpc) is 2.20. The second-order valence-corrected chi connectivity index (χ2v) is 5.32. The molecule has 0 aliphatic rings. The highest BCUT2D eigenvalue weighted by Crippen LogP contribution is 2.28. The van der Waals surface area contributed by atoms with Gasteiger partial charge in [0, 0.05) is 21.4 Å². The lowest BCUT2D eigenvalue weighted by Crippen LogP contribution is -2.14. The fraction of sp³-hybridized carbons (Fsp3) is 0.417. The summed E-state index contributed by atoms with van der Waals surface area (Å²) in [7, 11) is 0. The fourth-order valence-electron chi connectivity index (χ4n) is 1.23. The van der Waals surface area contributed by atoms with Gasteiger partial charge in [0.2, 0.25) is 0 Å². The van der Waals surface area contributed by atoms with E-state index in [4.69, 9.17) is 5.73 Å². The number of carbonyl (C=O) groups is 1. The predicted octanol–water partition coefficient (Wildman–Crippen LogP) is 2.33. The summed E-state index contributed by atoms with van der Waals surface area (Å²) in [5.74, 6) is -0.0374. The van der Waals surface area contributed by atoms with Crippen LogP contribution >= 0.6 is 11.8 Å². The van der Waals surface area contributed by atoms with Gasteiger partial charge >= 0.3 is 0 Å². The summed E-state index contributed by atoms with van der Waals surface area (Å²) in [5.41, 5.74) is 6.75. The first kappa shape index (κ1) is 13.1. The molecule has 0 saturated heterocycles. The predicted molar refractivity (Wildman–Crippen MR) is 67.9 cm³/mol. The molecule has 0 fully saturated rings. The lowest BCUT2D eigenvalue weighted by atomic mass is 10.1. The van der Waals surface area contributed by atoms with Gasteiger partial charge in [-0.2, -0.15) is 0 Å². The SMILES string of the molecule is CC(=O)c1cc(SC(C)C(C)O)ccc1N. The highest BCUT2D eigenvalue weighted by Gasteiger charge is 2.12. The molecular weight excluding hydrogens is 222 g/mol. The Kier molecular flexibility index (Phi) is 4.38. The van der Waals surface area contributed by atoms with Crippen molar-refractivity contribution in [3.63, 3.8) is 0 Å². The smallest absolute Gasteiger partial charge is 0.161 e. The van der Waals surface area contributed by atoms with E-state index in [1.165, 1.54) is 18.7 Å². The number of benzene rings is 1. The topological polar surface area (TPSA) is 63.3 Å². The van der Waals surface area contributed by atoms with Crippen LogP contribution in [0.15, 0.2) is 23.1 Å². The number of ketones is 1. The van der Waals surface area contributed by atoms with Crippen LogP contribution in [-0.2, 0) is 0 Å². The molecule has 0 saturated carbocycles. The van der Waals surface area contributed by atoms with Crippen molar-refractivity contribution in [2.45, 2.75) is 37.0 Å². The maximum atomic E-state index is 11.3. The molecule has 1 aromatic rings. The zero-order chi connectivity index (χ0) is 12.3. The Morgan fingerprint density at radius 2 is 2.06 bits per heavy atom. The zero-order valence-corrected chi connectivity index (χ0v) is 10.5. The van der Waals surface area contributed by atoms with E-state index in [1.54, 1.807) is 19.1 Å². The third kappa shape index (κ3) is 3.25. The Labute approximate surface area is 100 Å². The molecule has 0 bridgehead atoms. The summed E-state index contributed by atoms with van der Waals surface area (Å²) in [6, 6.07) is 5.38. The van der Waals surface area contributed by atoms with Gasteiger partial charge in [0.1, 0.15) is 0 Å². The van der Waals surface area contributed by atoms with E-state index in [0.717, 1.165) is 4.90 Å². The molecule has 1 rings (SSSR count). The van der Waals surface area contributed by atoms with E-state index >= 15 is 0 Å². The molecule has 3 N–H and O–H groups in total. The van der Waals surface area contributed by atoms with E-state index in [9.17, 15) is 9.90 Å². The van der Waals surface area contributed by atoms with Crippen LogP contribution in [-0.4, -0.2) is 22.2 Å². The third-order valence-corrected chi connectivity index (χ3v) is 3.70. The number of hydrogen-bond donors (Lipinski definition) is 2. The monoisotopic (exact) mass is 239 g/mol. The number of thioether (sulfide) groups is 1. The maximum absolute atomic E-state index is 11.3. The third-order valence-electron chi connectivity index (χ3n) is 2.41. The number of nitrogen functional groups attached to an aromatic ring is 1. The molecule has 0 spiro atoms. The normalized spacial score (nSPS) is 14.5. The lowest BCUT2D eigenvalue weighted by molar-refractivity contribution is 0.101. The van der Waals surface area contributed by atoms with Crippen LogP contribution in [0.2, 0.25) is 0 Å². The molecule has 0 aliphatic heterocycles. The number of nitrogens with two attached hydrogens (primary N) is 1. The minimum atomic E-state index is -0.386. The number of anilines is 1. The zero-order valence-electron chi connectivity index (χ0n) is 9.73.